The number of carbonyl (C=O) groups excluding carboxylic acids is 1. The third-order valence-electron chi connectivity index (χ3n) is 8.21. The quantitative estimate of drug-likeness (QED) is 0.0959. The van der Waals surface area contributed by atoms with Crippen LogP contribution in [0.2, 0.25) is 0 Å². The maximum Gasteiger partial charge on any atom is 0.343 e. The fourth-order valence-electron chi connectivity index (χ4n) is 5.33. The maximum atomic E-state index is 12.6. The first kappa shape index (κ1) is 30.0. The maximum absolute atomic E-state index is 12.6. The number of allylic oxidation sites excluding steroid dienone is 2. The Balaban J connectivity index is 1.33. The van der Waals surface area contributed by atoms with Crippen LogP contribution >= 0.6 is 0 Å². The van der Waals surface area contributed by atoms with Gasteiger partial charge in [-0.3, -0.25) is 0 Å². The van der Waals surface area contributed by atoms with Gasteiger partial charge in [-0.05, 0) is 105 Å². The molecule has 3 heteroatoms. The first-order valence-electron chi connectivity index (χ1n) is 15.3. The van der Waals surface area contributed by atoms with E-state index in [0.29, 0.717) is 17.9 Å². The summed E-state index contributed by atoms with van der Waals surface area (Å²) in [5.74, 6) is 3.62. The van der Waals surface area contributed by atoms with Crippen molar-refractivity contribution in [2.24, 2.45) is 17.8 Å². The number of aryl methyl sites for hydroxylation is 1. The van der Waals surface area contributed by atoms with Crippen LogP contribution in [-0.4, -0.2) is 12.6 Å². The summed E-state index contributed by atoms with van der Waals surface area (Å²) >= 11 is 0. The van der Waals surface area contributed by atoms with Gasteiger partial charge in [0.05, 0.1) is 12.2 Å². The second kappa shape index (κ2) is 17.1. The van der Waals surface area contributed by atoms with Crippen molar-refractivity contribution in [3.05, 3.63) is 71.8 Å². The summed E-state index contributed by atoms with van der Waals surface area (Å²) in [5.41, 5.74) is 1.86. The molecule has 0 unspecified atom stereocenters. The zero-order valence-corrected chi connectivity index (χ0v) is 24.1. The third kappa shape index (κ3) is 11.1. The molecular weight excluding hydrogens is 468 g/mol. The van der Waals surface area contributed by atoms with E-state index < -0.39 is 0 Å². The molecule has 0 saturated heterocycles. The minimum absolute atomic E-state index is 0.333. The topological polar surface area (TPSA) is 35.5 Å². The highest BCUT2D eigenvalue weighted by Crippen LogP contribution is 2.33. The monoisotopic (exact) mass is 518 g/mol. The predicted molar refractivity (Wildman–Crippen MR) is 159 cm³/mol. The van der Waals surface area contributed by atoms with Crippen molar-refractivity contribution in [1.29, 1.82) is 0 Å². The van der Waals surface area contributed by atoms with Gasteiger partial charge in [0, 0.05) is 0 Å². The van der Waals surface area contributed by atoms with Crippen molar-refractivity contribution in [3.8, 4) is 11.5 Å². The minimum Gasteiger partial charge on any atom is -0.494 e. The van der Waals surface area contributed by atoms with Crippen molar-refractivity contribution >= 4 is 5.97 Å². The first-order valence-corrected chi connectivity index (χ1v) is 15.3. The molecule has 0 heterocycles. The molecule has 0 radical (unpaired) electrons. The molecule has 3 nitrogen and oxygen atoms in total. The van der Waals surface area contributed by atoms with Crippen molar-refractivity contribution in [1.82, 2.24) is 0 Å². The summed E-state index contributed by atoms with van der Waals surface area (Å²) in [5, 5.41) is 0. The molecular formula is C35H50O3. The lowest BCUT2D eigenvalue weighted by Gasteiger charge is -2.28. The van der Waals surface area contributed by atoms with Crippen LogP contribution in [-0.2, 0) is 6.42 Å². The number of unbranched alkanes of at least 4 members (excludes halogenated alkanes) is 2. The molecule has 0 aromatic heterocycles. The zero-order chi connectivity index (χ0) is 27.0. The summed E-state index contributed by atoms with van der Waals surface area (Å²) in [6.07, 6.45) is 21.0. The molecule has 38 heavy (non-hydrogen) atoms. The zero-order valence-electron chi connectivity index (χ0n) is 24.1. The molecule has 2 aromatic rings. The van der Waals surface area contributed by atoms with Gasteiger partial charge in [0.15, 0.2) is 0 Å². The second-order valence-corrected chi connectivity index (χ2v) is 11.3. The van der Waals surface area contributed by atoms with E-state index in [-0.39, 0.29) is 5.97 Å². The first-order chi connectivity index (χ1) is 18.6. The Labute approximate surface area is 232 Å². The van der Waals surface area contributed by atoms with Crippen LogP contribution in [0.5, 0.6) is 11.5 Å². The third-order valence-corrected chi connectivity index (χ3v) is 8.21. The number of hydrogen-bond acceptors (Lipinski definition) is 3. The van der Waals surface area contributed by atoms with Crippen LogP contribution in [0.3, 0.4) is 0 Å². The van der Waals surface area contributed by atoms with Crippen LogP contribution in [0.15, 0.2) is 60.7 Å². The van der Waals surface area contributed by atoms with Gasteiger partial charge in [0.1, 0.15) is 11.5 Å². The molecule has 0 N–H and O–H groups in total. The van der Waals surface area contributed by atoms with Crippen molar-refractivity contribution in [2.45, 2.75) is 104 Å². The van der Waals surface area contributed by atoms with Gasteiger partial charge >= 0.3 is 5.97 Å². The van der Waals surface area contributed by atoms with Crippen LogP contribution in [0.25, 0.3) is 0 Å². The highest BCUT2D eigenvalue weighted by molar-refractivity contribution is 5.91. The van der Waals surface area contributed by atoms with Gasteiger partial charge in [-0.2, -0.15) is 0 Å². The number of hydrogen-bond donors (Lipinski definition) is 0. The normalized spacial score (nSPS) is 18.4. The van der Waals surface area contributed by atoms with Gasteiger partial charge in [-0.15, -0.1) is 0 Å². The molecule has 1 saturated carbocycles. The molecule has 3 rings (SSSR count). The Hall–Kier alpha value is -2.55. The molecule has 1 atom stereocenters. The smallest absolute Gasteiger partial charge is 0.343 e. The standard InChI is InChI=1S/C35H50O3/c1-4-6-8-12-29-13-15-30(16-14-29)17-18-31-19-23-34(24-20-31)38-35(36)32-21-25-33(26-22-32)37-27-10-7-9-11-28(3)5-2/h6,8,19-26,28-30H,4-5,7,9-18,27H2,1-3H3/b8-6-/t28-,29?,30?/m0/s1. The largest absolute Gasteiger partial charge is 0.494 e. The van der Waals surface area contributed by atoms with Gasteiger partial charge in [0.25, 0.3) is 0 Å². The second-order valence-electron chi connectivity index (χ2n) is 11.3. The van der Waals surface area contributed by atoms with E-state index in [1.54, 1.807) is 12.1 Å². The van der Waals surface area contributed by atoms with Crippen LogP contribution in [0, 0.1) is 17.8 Å². The fourth-order valence-corrected chi connectivity index (χ4v) is 5.33. The van der Waals surface area contributed by atoms with E-state index >= 15 is 0 Å². The van der Waals surface area contributed by atoms with Crippen LogP contribution in [0.1, 0.15) is 114 Å². The van der Waals surface area contributed by atoms with Crippen molar-refractivity contribution < 1.29 is 14.3 Å². The van der Waals surface area contributed by atoms with Crippen LogP contribution in [0.4, 0.5) is 0 Å². The number of esters is 1. The lowest BCUT2D eigenvalue weighted by Crippen LogP contribution is -2.14. The Morgan fingerprint density at radius 2 is 1.55 bits per heavy atom. The Bertz CT molecular complexity index is 936. The molecule has 0 aliphatic heterocycles. The van der Waals surface area contributed by atoms with Crippen molar-refractivity contribution in [2.75, 3.05) is 6.61 Å². The number of rotatable bonds is 16. The highest BCUT2D eigenvalue weighted by Gasteiger charge is 2.20. The lowest BCUT2D eigenvalue weighted by molar-refractivity contribution is 0.0734. The number of benzene rings is 2. The Morgan fingerprint density at radius 3 is 2.24 bits per heavy atom. The van der Waals surface area contributed by atoms with E-state index in [1.807, 2.05) is 24.3 Å². The fraction of sp³-hybridized carbons (Fsp3) is 0.571. The molecule has 208 valence electrons. The molecule has 1 aliphatic rings. The van der Waals surface area contributed by atoms with E-state index in [9.17, 15) is 4.79 Å². The SMILES string of the molecule is CC/C=C\CC1CCC(CCc2ccc(OC(=O)c3ccc(OCCCCC[C@@H](C)CC)cc3)cc2)CC1. The van der Waals surface area contributed by atoms with Crippen LogP contribution < -0.4 is 9.47 Å². The molecule has 0 bridgehead atoms. The summed E-state index contributed by atoms with van der Waals surface area (Å²) in [6.45, 7) is 7.49. The highest BCUT2D eigenvalue weighted by atomic mass is 16.5. The molecule has 0 amide bonds. The predicted octanol–water partition coefficient (Wildman–Crippen LogP) is 9.99. The van der Waals surface area contributed by atoms with Gasteiger partial charge in [-0.25, -0.2) is 4.79 Å². The average Bonchev–Trinajstić information content (AvgIpc) is 2.95. The van der Waals surface area contributed by atoms with Crippen molar-refractivity contribution in [3.63, 3.8) is 0 Å². The summed E-state index contributed by atoms with van der Waals surface area (Å²) in [7, 11) is 0. The molecule has 2 aromatic carbocycles. The van der Waals surface area contributed by atoms with E-state index in [2.05, 4.69) is 45.1 Å². The summed E-state index contributed by atoms with van der Waals surface area (Å²) in [4.78, 5) is 12.6. The molecule has 1 aliphatic carbocycles. The van der Waals surface area contributed by atoms with Gasteiger partial charge in [0.2, 0.25) is 0 Å². The summed E-state index contributed by atoms with van der Waals surface area (Å²) < 4.78 is 11.5. The molecule has 0 spiro atoms. The van der Waals surface area contributed by atoms with E-state index in [1.165, 1.54) is 69.8 Å². The van der Waals surface area contributed by atoms with Gasteiger partial charge in [-0.1, -0.05) is 83.6 Å². The number of carbonyl (C=O) groups is 1. The number of ether oxygens (including phenoxy) is 2. The lowest BCUT2D eigenvalue weighted by atomic mass is 9.78. The van der Waals surface area contributed by atoms with Gasteiger partial charge < -0.3 is 9.47 Å². The Morgan fingerprint density at radius 1 is 0.868 bits per heavy atom. The molecule has 1 fully saturated rings. The van der Waals surface area contributed by atoms with E-state index in [0.717, 1.165) is 42.8 Å². The minimum atomic E-state index is -0.333. The summed E-state index contributed by atoms with van der Waals surface area (Å²) in [6, 6.07) is 15.3. The Kier molecular flexibility index (Phi) is 13.5. The van der Waals surface area contributed by atoms with E-state index in [4.69, 9.17) is 9.47 Å². The average molecular weight is 519 g/mol.